The van der Waals surface area contributed by atoms with Crippen molar-refractivity contribution in [1.29, 1.82) is 5.26 Å². The number of ether oxygens (including phenoxy) is 1. The van der Waals surface area contributed by atoms with Gasteiger partial charge in [0.05, 0.1) is 18.1 Å². The first-order valence-electron chi connectivity index (χ1n) is 9.37. The first-order chi connectivity index (χ1) is 14.1. The Morgan fingerprint density at radius 2 is 1.59 bits per heavy atom. The van der Waals surface area contributed by atoms with E-state index in [0.717, 1.165) is 22.6 Å². The maximum atomic E-state index is 11.1. The van der Waals surface area contributed by atoms with Gasteiger partial charge in [0.2, 0.25) is 0 Å². The predicted molar refractivity (Wildman–Crippen MR) is 110 cm³/mol. The van der Waals surface area contributed by atoms with E-state index in [4.69, 9.17) is 15.1 Å². The Morgan fingerprint density at radius 3 is 2.28 bits per heavy atom. The van der Waals surface area contributed by atoms with E-state index < -0.39 is 5.97 Å². The molecular weight excluding hydrogens is 364 g/mol. The lowest BCUT2D eigenvalue weighted by Crippen LogP contribution is -2.25. The van der Waals surface area contributed by atoms with Gasteiger partial charge in [0.25, 0.3) is 0 Å². The second kappa shape index (κ2) is 10.1. The highest BCUT2D eigenvalue weighted by atomic mass is 16.5. The number of hydrogen-bond acceptors (Lipinski definition) is 4. The van der Waals surface area contributed by atoms with Gasteiger partial charge in [0.1, 0.15) is 11.5 Å². The molecule has 29 heavy (non-hydrogen) atoms. The number of benzene rings is 3. The predicted octanol–water partition coefficient (Wildman–Crippen LogP) is 4.83. The van der Waals surface area contributed by atoms with Gasteiger partial charge in [-0.05, 0) is 47.5 Å². The van der Waals surface area contributed by atoms with Gasteiger partial charge in [0, 0.05) is 19.6 Å². The normalized spacial score (nSPS) is 10.5. The largest absolute Gasteiger partial charge is 0.481 e. The van der Waals surface area contributed by atoms with E-state index in [1.807, 2.05) is 66.7 Å². The average Bonchev–Trinajstić information content (AvgIpc) is 2.73. The highest BCUT2D eigenvalue weighted by Crippen LogP contribution is 2.23. The molecule has 0 aliphatic rings. The summed E-state index contributed by atoms with van der Waals surface area (Å²) < 4.78 is 5.90. The van der Waals surface area contributed by atoms with Gasteiger partial charge in [0.15, 0.2) is 0 Å². The van der Waals surface area contributed by atoms with Crippen LogP contribution in [-0.2, 0) is 17.9 Å². The van der Waals surface area contributed by atoms with Crippen molar-refractivity contribution >= 4 is 5.97 Å². The second-order valence-electron chi connectivity index (χ2n) is 6.73. The molecule has 0 aromatic heterocycles. The van der Waals surface area contributed by atoms with Crippen LogP contribution in [0.4, 0.5) is 0 Å². The van der Waals surface area contributed by atoms with E-state index >= 15 is 0 Å². The Labute approximate surface area is 170 Å². The number of rotatable bonds is 9. The molecule has 0 aliphatic heterocycles. The van der Waals surface area contributed by atoms with Crippen molar-refractivity contribution in [2.24, 2.45) is 0 Å². The number of nitriles is 1. The second-order valence-corrected chi connectivity index (χ2v) is 6.73. The fraction of sp³-hybridized carbons (Fsp3) is 0.167. The highest BCUT2D eigenvalue weighted by Gasteiger charge is 2.11. The van der Waals surface area contributed by atoms with Crippen molar-refractivity contribution in [1.82, 2.24) is 4.90 Å². The van der Waals surface area contributed by atoms with Crippen molar-refractivity contribution in [2.75, 3.05) is 6.54 Å². The molecule has 0 atom stereocenters. The maximum absolute atomic E-state index is 11.1. The van der Waals surface area contributed by atoms with Gasteiger partial charge in [-0.25, -0.2) is 0 Å². The highest BCUT2D eigenvalue weighted by molar-refractivity contribution is 5.66. The van der Waals surface area contributed by atoms with E-state index in [1.54, 1.807) is 12.1 Å². The molecule has 0 heterocycles. The Morgan fingerprint density at radius 1 is 0.897 bits per heavy atom. The van der Waals surface area contributed by atoms with Gasteiger partial charge in [-0.15, -0.1) is 0 Å². The molecule has 5 nitrogen and oxygen atoms in total. The first-order valence-corrected chi connectivity index (χ1v) is 9.37. The van der Waals surface area contributed by atoms with Gasteiger partial charge in [-0.3, -0.25) is 9.69 Å². The zero-order valence-corrected chi connectivity index (χ0v) is 16.0. The molecule has 3 rings (SSSR count). The lowest BCUT2D eigenvalue weighted by molar-refractivity contribution is -0.137. The zero-order chi connectivity index (χ0) is 20.5. The number of aliphatic carboxylic acids is 1. The minimum absolute atomic E-state index is 0.0660. The first kappa shape index (κ1) is 20.1. The van der Waals surface area contributed by atoms with Crippen LogP contribution in [0.15, 0.2) is 78.9 Å². The number of hydrogen-bond donors (Lipinski definition) is 1. The monoisotopic (exact) mass is 386 g/mol. The van der Waals surface area contributed by atoms with Crippen molar-refractivity contribution in [3.63, 3.8) is 0 Å². The Balaban J connectivity index is 1.71. The Kier molecular flexibility index (Phi) is 6.99. The summed E-state index contributed by atoms with van der Waals surface area (Å²) in [7, 11) is 0. The minimum Gasteiger partial charge on any atom is -0.481 e. The van der Waals surface area contributed by atoms with Crippen LogP contribution in [0.2, 0.25) is 0 Å². The molecule has 0 unspecified atom stereocenters. The van der Waals surface area contributed by atoms with E-state index in [-0.39, 0.29) is 6.42 Å². The number of nitrogens with zero attached hydrogens (tertiary/aromatic N) is 2. The van der Waals surface area contributed by atoms with Gasteiger partial charge in [-0.1, -0.05) is 42.5 Å². The van der Waals surface area contributed by atoms with Crippen LogP contribution in [0.5, 0.6) is 11.5 Å². The summed E-state index contributed by atoms with van der Waals surface area (Å²) in [6, 6.07) is 26.9. The molecule has 0 saturated heterocycles. The average molecular weight is 386 g/mol. The van der Waals surface area contributed by atoms with Crippen molar-refractivity contribution in [3.05, 3.63) is 95.6 Å². The maximum Gasteiger partial charge on any atom is 0.304 e. The number of para-hydroxylation sites is 1. The summed E-state index contributed by atoms with van der Waals surface area (Å²) in [4.78, 5) is 13.1. The van der Waals surface area contributed by atoms with Gasteiger partial charge >= 0.3 is 5.97 Å². The lowest BCUT2D eigenvalue weighted by Gasteiger charge is -2.22. The van der Waals surface area contributed by atoms with Gasteiger partial charge in [-0.2, -0.15) is 5.26 Å². The third-order valence-corrected chi connectivity index (χ3v) is 4.41. The third-order valence-electron chi connectivity index (χ3n) is 4.41. The molecule has 146 valence electrons. The van der Waals surface area contributed by atoms with E-state index in [1.165, 1.54) is 0 Å². The molecule has 5 heteroatoms. The van der Waals surface area contributed by atoms with Crippen LogP contribution in [0.25, 0.3) is 0 Å². The summed E-state index contributed by atoms with van der Waals surface area (Å²) in [5.41, 5.74) is 2.68. The topological polar surface area (TPSA) is 73.6 Å². The van der Waals surface area contributed by atoms with Crippen LogP contribution in [-0.4, -0.2) is 22.5 Å². The van der Waals surface area contributed by atoms with Gasteiger partial charge < -0.3 is 9.84 Å². The molecule has 0 bridgehead atoms. The van der Waals surface area contributed by atoms with Crippen LogP contribution >= 0.6 is 0 Å². The molecule has 0 fully saturated rings. The summed E-state index contributed by atoms with van der Waals surface area (Å²) in [5, 5.41) is 18.0. The fourth-order valence-electron chi connectivity index (χ4n) is 3.00. The molecule has 1 N–H and O–H groups in total. The molecule has 0 amide bonds. The van der Waals surface area contributed by atoms with Crippen molar-refractivity contribution in [2.45, 2.75) is 19.5 Å². The number of carboxylic acids is 1. The smallest absolute Gasteiger partial charge is 0.304 e. The van der Waals surface area contributed by atoms with Crippen LogP contribution in [0.1, 0.15) is 23.1 Å². The Bertz CT molecular complexity index is 979. The lowest BCUT2D eigenvalue weighted by atomic mass is 10.1. The summed E-state index contributed by atoms with van der Waals surface area (Å²) in [5.74, 6) is 0.686. The van der Waals surface area contributed by atoms with E-state index in [0.29, 0.717) is 25.2 Å². The number of carbonyl (C=O) groups is 1. The SMILES string of the molecule is N#Cc1ccc(CN(CCC(=O)O)Cc2cccc(Oc3ccccc3)c2)cc1. The molecule has 0 saturated carbocycles. The summed E-state index contributed by atoms with van der Waals surface area (Å²) >= 11 is 0. The Hall–Kier alpha value is -3.62. The zero-order valence-electron chi connectivity index (χ0n) is 16.0. The molecule has 3 aromatic rings. The van der Waals surface area contributed by atoms with Crippen molar-refractivity contribution < 1.29 is 14.6 Å². The van der Waals surface area contributed by atoms with Crippen LogP contribution in [0.3, 0.4) is 0 Å². The molecule has 3 aromatic carbocycles. The molecule has 0 radical (unpaired) electrons. The standard InChI is InChI=1S/C24H22N2O3/c25-16-19-9-11-20(12-10-19)17-26(14-13-24(27)28)18-21-5-4-8-23(15-21)29-22-6-2-1-3-7-22/h1-12,15H,13-14,17-18H2,(H,27,28). The summed E-state index contributed by atoms with van der Waals surface area (Å²) in [6.07, 6.45) is 0.0660. The fourth-order valence-corrected chi connectivity index (χ4v) is 3.00. The third kappa shape index (κ3) is 6.49. The molecule has 0 spiro atoms. The van der Waals surface area contributed by atoms with Crippen LogP contribution in [0, 0.1) is 11.3 Å². The molecular formula is C24H22N2O3. The minimum atomic E-state index is -0.823. The van der Waals surface area contributed by atoms with Crippen LogP contribution < -0.4 is 4.74 Å². The number of carboxylic acid groups (broad SMARTS) is 1. The summed E-state index contributed by atoms with van der Waals surface area (Å²) in [6.45, 7) is 1.63. The molecule has 0 aliphatic carbocycles. The van der Waals surface area contributed by atoms with E-state index in [2.05, 4.69) is 11.0 Å². The van der Waals surface area contributed by atoms with Crippen molar-refractivity contribution in [3.8, 4) is 17.6 Å². The van der Waals surface area contributed by atoms with E-state index in [9.17, 15) is 4.79 Å². The quantitative estimate of drug-likeness (QED) is 0.570.